The lowest BCUT2D eigenvalue weighted by molar-refractivity contribution is 0.868. The number of hydrogen-bond donors (Lipinski definition) is 0. The summed E-state index contributed by atoms with van der Waals surface area (Å²) in [4.78, 5) is 8.82. The Hall–Kier alpha value is -1.44. The first-order valence-electron chi connectivity index (χ1n) is 5.33. The van der Waals surface area contributed by atoms with Gasteiger partial charge in [-0.15, -0.1) is 0 Å². The van der Waals surface area contributed by atoms with Crippen LogP contribution >= 0.6 is 0 Å². The third kappa shape index (κ3) is 1.84. The van der Waals surface area contributed by atoms with Gasteiger partial charge in [-0.1, -0.05) is 19.9 Å². The highest BCUT2D eigenvalue weighted by Crippen LogP contribution is 2.21. The summed E-state index contributed by atoms with van der Waals surface area (Å²) in [7, 11) is 0. The molecule has 2 heteroatoms. The number of nitrogens with zero attached hydrogens (tertiary/aromatic N) is 2. The highest BCUT2D eigenvalue weighted by molar-refractivity contribution is 5.81. The molecule has 15 heavy (non-hydrogen) atoms. The van der Waals surface area contributed by atoms with E-state index in [9.17, 15) is 0 Å². The van der Waals surface area contributed by atoms with E-state index in [-0.39, 0.29) is 0 Å². The fourth-order valence-electron chi connectivity index (χ4n) is 1.80. The van der Waals surface area contributed by atoms with E-state index in [1.54, 1.807) is 0 Å². The Balaban J connectivity index is 2.71. The number of rotatable bonds is 1. The summed E-state index contributed by atoms with van der Waals surface area (Å²) in [6.07, 6.45) is 0. The zero-order valence-corrected chi connectivity index (χ0v) is 9.70. The number of aromatic nitrogens is 2. The van der Waals surface area contributed by atoms with E-state index in [1.807, 2.05) is 13.8 Å². The number of benzene rings is 1. The van der Waals surface area contributed by atoms with Crippen LogP contribution in [0.4, 0.5) is 0 Å². The van der Waals surface area contributed by atoms with E-state index < -0.39 is 0 Å². The summed E-state index contributed by atoms with van der Waals surface area (Å²) in [5.74, 6) is 1.40. The first-order valence-corrected chi connectivity index (χ1v) is 5.33. The van der Waals surface area contributed by atoms with E-state index in [1.165, 1.54) is 10.9 Å². The van der Waals surface area contributed by atoms with Crippen LogP contribution in [0.2, 0.25) is 0 Å². The number of aryl methyl sites for hydroxylation is 2. The van der Waals surface area contributed by atoms with E-state index >= 15 is 0 Å². The Kier molecular flexibility index (Phi) is 2.43. The summed E-state index contributed by atoms with van der Waals surface area (Å²) >= 11 is 0. The van der Waals surface area contributed by atoms with Crippen LogP contribution in [0.3, 0.4) is 0 Å². The molecule has 0 aliphatic heterocycles. The lowest BCUT2D eigenvalue weighted by atomic mass is 10.0. The topological polar surface area (TPSA) is 25.8 Å². The van der Waals surface area contributed by atoms with Gasteiger partial charge in [-0.2, -0.15) is 0 Å². The number of fused-ring (bicyclic) bond motifs is 1. The summed E-state index contributed by atoms with van der Waals surface area (Å²) in [6.45, 7) is 8.38. The van der Waals surface area contributed by atoms with Gasteiger partial charge in [0.2, 0.25) is 0 Å². The smallest absolute Gasteiger partial charge is 0.126 e. The van der Waals surface area contributed by atoms with Crippen molar-refractivity contribution >= 4 is 10.9 Å². The second-order valence-corrected chi connectivity index (χ2v) is 4.29. The summed E-state index contributed by atoms with van der Waals surface area (Å²) < 4.78 is 0. The van der Waals surface area contributed by atoms with Gasteiger partial charge in [0.25, 0.3) is 0 Å². The molecule has 1 aromatic heterocycles. The summed E-state index contributed by atoms with van der Waals surface area (Å²) in [5.41, 5.74) is 3.46. The Labute approximate surface area is 90.4 Å². The maximum absolute atomic E-state index is 4.43. The van der Waals surface area contributed by atoms with Gasteiger partial charge in [0, 0.05) is 11.1 Å². The van der Waals surface area contributed by atoms with Crippen LogP contribution in [0.15, 0.2) is 18.2 Å². The number of hydrogen-bond acceptors (Lipinski definition) is 2. The first kappa shape index (κ1) is 10.1. The van der Waals surface area contributed by atoms with E-state index in [2.05, 4.69) is 42.0 Å². The van der Waals surface area contributed by atoms with Gasteiger partial charge in [-0.25, -0.2) is 9.97 Å². The monoisotopic (exact) mass is 200 g/mol. The molecule has 0 N–H and O–H groups in total. The van der Waals surface area contributed by atoms with Crippen molar-refractivity contribution in [3.05, 3.63) is 35.3 Å². The zero-order chi connectivity index (χ0) is 11.0. The van der Waals surface area contributed by atoms with Crippen LogP contribution in [0.1, 0.15) is 36.8 Å². The zero-order valence-electron chi connectivity index (χ0n) is 9.70. The molecular weight excluding hydrogens is 184 g/mol. The third-order valence-electron chi connectivity index (χ3n) is 2.69. The van der Waals surface area contributed by atoms with Gasteiger partial charge < -0.3 is 0 Å². The van der Waals surface area contributed by atoms with Crippen molar-refractivity contribution in [2.45, 2.75) is 33.6 Å². The van der Waals surface area contributed by atoms with Crippen LogP contribution in [0.5, 0.6) is 0 Å². The van der Waals surface area contributed by atoms with Crippen molar-refractivity contribution in [2.24, 2.45) is 0 Å². The molecule has 0 saturated carbocycles. The van der Waals surface area contributed by atoms with Crippen molar-refractivity contribution in [3.8, 4) is 0 Å². The van der Waals surface area contributed by atoms with Crippen LogP contribution in [0, 0.1) is 13.8 Å². The van der Waals surface area contributed by atoms with E-state index in [0.29, 0.717) is 5.92 Å². The molecule has 0 amide bonds. The molecule has 0 radical (unpaired) electrons. The molecule has 0 atom stereocenters. The largest absolute Gasteiger partial charge is 0.238 e. The normalized spacial score (nSPS) is 11.3. The molecule has 0 aliphatic carbocycles. The van der Waals surface area contributed by atoms with Crippen LogP contribution in [-0.4, -0.2) is 9.97 Å². The van der Waals surface area contributed by atoms with Gasteiger partial charge in [0.15, 0.2) is 0 Å². The van der Waals surface area contributed by atoms with Gasteiger partial charge in [-0.05, 0) is 37.5 Å². The standard InChI is InChI=1S/C13H16N2/c1-8(2)11-5-6-13-12(7-11)9(3)14-10(4)15-13/h5-8H,1-4H3. The van der Waals surface area contributed by atoms with Crippen LogP contribution in [-0.2, 0) is 0 Å². The van der Waals surface area contributed by atoms with E-state index in [4.69, 9.17) is 0 Å². The van der Waals surface area contributed by atoms with Crippen LogP contribution < -0.4 is 0 Å². The quantitative estimate of drug-likeness (QED) is 0.705. The van der Waals surface area contributed by atoms with Crippen molar-refractivity contribution in [3.63, 3.8) is 0 Å². The Morgan fingerprint density at radius 3 is 2.47 bits per heavy atom. The predicted octanol–water partition coefficient (Wildman–Crippen LogP) is 3.37. The fraction of sp³-hybridized carbons (Fsp3) is 0.385. The third-order valence-corrected chi connectivity index (χ3v) is 2.69. The minimum absolute atomic E-state index is 0.551. The molecule has 2 rings (SSSR count). The average Bonchev–Trinajstić information content (AvgIpc) is 2.16. The molecule has 0 fully saturated rings. The lowest BCUT2D eigenvalue weighted by Crippen LogP contribution is -1.95. The van der Waals surface area contributed by atoms with Gasteiger partial charge in [0.1, 0.15) is 5.82 Å². The fourth-order valence-corrected chi connectivity index (χ4v) is 1.80. The van der Waals surface area contributed by atoms with Crippen molar-refractivity contribution in [1.82, 2.24) is 9.97 Å². The average molecular weight is 200 g/mol. The summed E-state index contributed by atoms with van der Waals surface area (Å²) in [5, 5.41) is 1.17. The van der Waals surface area contributed by atoms with Gasteiger partial charge in [-0.3, -0.25) is 0 Å². The van der Waals surface area contributed by atoms with Crippen molar-refractivity contribution in [2.75, 3.05) is 0 Å². The first-order chi connectivity index (χ1) is 7.08. The molecule has 2 aromatic rings. The summed E-state index contributed by atoms with van der Waals surface area (Å²) in [6, 6.07) is 6.44. The lowest BCUT2D eigenvalue weighted by Gasteiger charge is -2.08. The SMILES string of the molecule is Cc1nc(C)c2cc(C(C)C)ccc2n1. The van der Waals surface area contributed by atoms with Crippen LogP contribution in [0.25, 0.3) is 10.9 Å². The molecule has 0 unspecified atom stereocenters. The molecule has 0 bridgehead atoms. The van der Waals surface area contributed by atoms with Crippen molar-refractivity contribution in [1.29, 1.82) is 0 Å². The van der Waals surface area contributed by atoms with Crippen molar-refractivity contribution < 1.29 is 0 Å². The molecule has 0 spiro atoms. The highest BCUT2D eigenvalue weighted by Gasteiger charge is 2.05. The second kappa shape index (κ2) is 3.61. The highest BCUT2D eigenvalue weighted by atomic mass is 14.9. The molecule has 0 saturated heterocycles. The Morgan fingerprint density at radius 2 is 1.80 bits per heavy atom. The Bertz CT molecular complexity index is 501. The minimum atomic E-state index is 0.551. The molecule has 0 aliphatic rings. The Morgan fingerprint density at radius 1 is 1.07 bits per heavy atom. The molecule has 1 aromatic carbocycles. The maximum atomic E-state index is 4.43. The predicted molar refractivity (Wildman–Crippen MR) is 63.1 cm³/mol. The molecular formula is C13H16N2. The van der Waals surface area contributed by atoms with Gasteiger partial charge in [0.05, 0.1) is 5.52 Å². The second-order valence-electron chi connectivity index (χ2n) is 4.29. The van der Waals surface area contributed by atoms with E-state index in [0.717, 1.165) is 17.0 Å². The maximum Gasteiger partial charge on any atom is 0.126 e. The molecule has 1 heterocycles. The molecule has 78 valence electrons. The minimum Gasteiger partial charge on any atom is -0.238 e. The van der Waals surface area contributed by atoms with Gasteiger partial charge >= 0.3 is 0 Å². The molecule has 2 nitrogen and oxygen atoms in total.